The Morgan fingerprint density at radius 2 is 2.03 bits per heavy atom. The Morgan fingerprint density at radius 1 is 1.23 bits per heavy atom. The van der Waals surface area contributed by atoms with Crippen molar-refractivity contribution in [1.29, 1.82) is 0 Å². The molecule has 1 saturated carbocycles. The summed E-state index contributed by atoms with van der Waals surface area (Å²) in [6, 6.07) is 16.2. The van der Waals surface area contributed by atoms with Crippen LogP contribution in [-0.4, -0.2) is 31.3 Å². The highest BCUT2D eigenvalue weighted by molar-refractivity contribution is 7.99. The van der Waals surface area contributed by atoms with Gasteiger partial charge in [-0.1, -0.05) is 54.2 Å². The molecule has 1 aromatic heterocycles. The van der Waals surface area contributed by atoms with Crippen LogP contribution in [0.1, 0.15) is 29.6 Å². The fraction of sp³-hybridized carbons (Fsp3) is 0.227. The van der Waals surface area contributed by atoms with Crippen LogP contribution in [0, 0.1) is 10.1 Å². The molecule has 2 aromatic carbocycles. The number of thioether (sulfide) groups is 1. The van der Waals surface area contributed by atoms with Crippen LogP contribution in [0.3, 0.4) is 0 Å². The predicted octanol–water partition coefficient (Wildman–Crippen LogP) is 4.37. The first kappa shape index (κ1) is 20.8. The Labute approximate surface area is 183 Å². The third-order valence-corrected chi connectivity index (χ3v) is 6.05. The average Bonchev–Trinajstić information content (AvgIpc) is 3.47. The van der Waals surface area contributed by atoms with Crippen molar-refractivity contribution in [3.63, 3.8) is 0 Å². The Balaban J connectivity index is 1.41. The van der Waals surface area contributed by atoms with Crippen LogP contribution in [0.2, 0.25) is 0 Å². The van der Waals surface area contributed by atoms with E-state index < -0.39 is 4.92 Å². The van der Waals surface area contributed by atoms with Gasteiger partial charge in [0.25, 0.3) is 5.69 Å². The second kappa shape index (κ2) is 9.13. The van der Waals surface area contributed by atoms with E-state index in [0.717, 1.165) is 12.2 Å². The average molecular weight is 436 g/mol. The highest BCUT2D eigenvalue weighted by Gasteiger charge is 2.43. The molecule has 0 bridgehead atoms. The van der Waals surface area contributed by atoms with Crippen molar-refractivity contribution in [2.75, 3.05) is 11.1 Å². The first-order valence-electron chi connectivity index (χ1n) is 9.83. The van der Waals surface area contributed by atoms with E-state index in [1.54, 1.807) is 12.1 Å². The molecular weight excluding hydrogens is 414 g/mol. The van der Waals surface area contributed by atoms with Gasteiger partial charge in [-0.25, -0.2) is 0 Å². The van der Waals surface area contributed by atoms with E-state index >= 15 is 0 Å². The summed E-state index contributed by atoms with van der Waals surface area (Å²) in [5.41, 5.74) is 1.61. The number of carbonyl (C=O) groups excluding carboxylic acids is 1. The Hall–Kier alpha value is -3.46. The molecule has 0 spiro atoms. The zero-order valence-electron chi connectivity index (χ0n) is 16.7. The second-order valence-electron chi connectivity index (χ2n) is 7.24. The smallest absolute Gasteiger partial charge is 0.271 e. The number of benzene rings is 2. The minimum Gasteiger partial charge on any atom is -0.325 e. The molecule has 0 radical (unpaired) electrons. The maximum Gasteiger partial charge on any atom is 0.271 e. The van der Waals surface area contributed by atoms with Gasteiger partial charge >= 0.3 is 0 Å². The monoisotopic (exact) mass is 435 g/mol. The lowest BCUT2D eigenvalue weighted by molar-refractivity contribution is -0.384. The van der Waals surface area contributed by atoms with Crippen LogP contribution >= 0.6 is 11.8 Å². The van der Waals surface area contributed by atoms with Crippen LogP contribution in [0.5, 0.6) is 0 Å². The van der Waals surface area contributed by atoms with E-state index in [1.165, 1.54) is 35.5 Å². The molecule has 3 aromatic rings. The summed E-state index contributed by atoms with van der Waals surface area (Å²) >= 11 is 1.28. The van der Waals surface area contributed by atoms with Gasteiger partial charge in [0.05, 0.1) is 10.7 Å². The molecule has 158 valence electrons. The number of hydrogen-bond donors (Lipinski definition) is 1. The van der Waals surface area contributed by atoms with Crippen LogP contribution in [0.25, 0.3) is 0 Å². The molecule has 0 saturated heterocycles. The summed E-state index contributed by atoms with van der Waals surface area (Å²) in [5.74, 6) is 1.50. The lowest BCUT2D eigenvalue weighted by Crippen LogP contribution is -2.15. The van der Waals surface area contributed by atoms with Gasteiger partial charge in [-0.15, -0.1) is 16.8 Å². The summed E-state index contributed by atoms with van der Waals surface area (Å²) in [6.07, 6.45) is 2.82. The van der Waals surface area contributed by atoms with E-state index in [-0.39, 0.29) is 17.3 Å². The first-order valence-corrected chi connectivity index (χ1v) is 10.8. The SMILES string of the molecule is C=CCn1c(SCC(=O)Nc2cccc([N+](=O)[O-])c2)nnc1C1CC1c1ccccc1. The molecule has 9 heteroatoms. The normalized spacial score (nSPS) is 17.2. The number of rotatable bonds is 9. The number of nitrogens with one attached hydrogen (secondary N) is 1. The number of nitrogens with zero attached hydrogens (tertiary/aromatic N) is 4. The van der Waals surface area contributed by atoms with Gasteiger partial charge in [-0.3, -0.25) is 14.9 Å². The van der Waals surface area contributed by atoms with Gasteiger partial charge in [0.1, 0.15) is 5.82 Å². The largest absolute Gasteiger partial charge is 0.325 e. The van der Waals surface area contributed by atoms with Gasteiger partial charge in [0.2, 0.25) is 5.91 Å². The van der Waals surface area contributed by atoms with Gasteiger partial charge in [0, 0.05) is 30.3 Å². The molecule has 1 fully saturated rings. The number of non-ortho nitro benzene ring substituents is 1. The third kappa shape index (κ3) is 4.83. The molecule has 31 heavy (non-hydrogen) atoms. The van der Waals surface area contributed by atoms with E-state index in [9.17, 15) is 14.9 Å². The molecule has 1 aliphatic carbocycles. The van der Waals surface area contributed by atoms with E-state index in [4.69, 9.17) is 0 Å². The van der Waals surface area contributed by atoms with Crippen molar-refractivity contribution in [2.45, 2.75) is 30.0 Å². The molecule has 1 aliphatic rings. The van der Waals surface area contributed by atoms with Gasteiger partial charge < -0.3 is 9.88 Å². The second-order valence-corrected chi connectivity index (χ2v) is 8.19. The molecule has 1 heterocycles. The molecule has 8 nitrogen and oxygen atoms in total. The van der Waals surface area contributed by atoms with Crippen molar-refractivity contribution in [1.82, 2.24) is 14.8 Å². The fourth-order valence-electron chi connectivity index (χ4n) is 3.56. The maximum absolute atomic E-state index is 12.3. The Kier molecular flexibility index (Phi) is 6.13. The van der Waals surface area contributed by atoms with Crippen LogP contribution in [0.15, 0.2) is 72.4 Å². The van der Waals surface area contributed by atoms with E-state index in [1.807, 2.05) is 22.8 Å². The molecule has 2 unspecified atom stereocenters. The number of amides is 1. The van der Waals surface area contributed by atoms with Crippen LogP contribution in [-0.2, 0) is 11.3 Å². The number of carbonyl (C=O) groups is 1. The van der Waals surface area contributed by atoms with Crippen molar-refractivity contribution in [3.05, 3.63) is 88.8 Å². The molecule has 4 rings (SSSR count). The maximum atomic E-state index is 12.3. The summed E-state index contributed by atoms with van der Waals surface area (Å²) < 4.78 is 2.01. The standard InChI is InChI=1S/C22H21N5O3S/c1-2-11-26-21(19-13-18(19)15-7-4-3-5-8-15)24-25-22(26)31-14-20(28)23-16-9-6-10-17(12-16)27(29)30/h2-10,12,18-19H,1,11,13-14H2,(H,23,28). The van der Waals surface area contributed by atoms with Gasteiger partial charge in [-0.05, 0) is 24.0 Å². The Morgan fingerprint density at radius 3 is 2.77 bits per heavy atom. The van der Waals surface area contributed by atoms with Crippen molar-refractivity contribution in [3.8, 4) is 0 Å². The lowest BCUT2D eigenvalue weighted by atomic mass is 10.1. The highest BCUT2D eigenvalue weighted by Crippen LogP contribution is 2.54. The number of aromatic nitrogens is 3. The molecule has 0 aliphatic heterocycles. The number of allylic oxidation sites excluding steroid dienone is 1. The quantitative estimate of drug-likeness (QED) is 0.232. The number of anilines is 1. The van der Waals surface area contributed by atoms with E-state index in [0.29, 0.717) is 29.2 Å². The molecular formula is C22H21N5O3S. The van der Waals surface area contributed by atoms with Crippen molar-refractivity contribution < 1.29 is 9.72 Å². The minimum absolute atomic E-state index is 0.0711. The third-order valence-electron chi connectivity index (χ3n) is 5.08. The summed E-state index contributed by atoms with van der Waals surface area (Å²) in [4.78, 5) is 22.7. The van der Waals surface area contributed by atoms with E-state index in [2.05, 4.69) is 34.2 Å². The number of hydrogen-bond acceptors (Lipinski definition) is 6. The molecule has 1 N–H and O–H groups in total. The highest BCUT2D eigenvalue weighted by atomic mass is 32.2. The van der Waals surface area contributed by atoms with Gasteiger partial charge in [-0.2, -0.15) is 0 Å². The van der Waals surface area contributed by atoms with Crippen LogP contribution < -0.4 is 5.32 Å². The minimum atomic E-state index is -0.496. The Bertz CT molecular complexity index is 1120. The zero-order valence-corrected chi connectivity index (χ0v) is 17.5. The molecule has 2 atom stereocenters. The lowest BCUT2D eigenvalue weighted by Gasteiger charge is -2.08. The topological polar surface area (TPSA) is 103 Å². The number of nitro groups is 1. The van der Waals surface area contributed by atoms with Crippen molar-refractivity contribution >= 4 is 29.0 Å². The molecule has 1 amide bonds. The first-order chi connectivity index (χ1) is 15.1. The summed E-state index contributed by atoms with van der Waals surface area (Å²) in [7, 11) is 0. The van der Waals surface area contributed by atoms with Crippen molar-refractivity contribution in [2.24, 2.45) is 0 Å². The zero-order chi connectivity index (χ0) is 21.8. The summed E-state index contributed by atoms with van der Waals surface area (Å²) in [5, 5.41) is 22.9. The predicted molar refractivity (Wildman–Crippen MR) is 119 cm³/mol. The fourth-order valence-corrected chi connectivity index (χ4v) is 4.31. The number of nitro benzene ring substituents is 1. The van der Waals surface area contributed by atoms with Gasteiger partial charge in [0.15, 0.2) is 5.16 Å². The van der Waals surface area contributed by atoms with Crippen LogP contribution in [0.4, 0.5) is 11.4 Å². The summed E-state index contributed by atoms with van der Waals surface area (Å²) in [6.45, 7) is 4.39.